The van der Waals surface area contributed by atoms with Crippen molar-refractivity contribution in [3.63, 3.8) is 0 Å². The van der Waals surface area contributed by atoms with Gasteiger partial charge in [0.1, 0.15) is 0 Å². The third kappa shape index (κ3) is 3.48. The van der Waals surface area contributed by atoms with E-state index in [2.05, 4.69) is 41.5 Å². The average Bonchev–Trinajstić information content (AvgIpc) is 3.00. The van der Waals surface area contributed by atoms with Gasteiger partial charge in [-0.15, -0.1) is 0 Å². The summed E-state index contributed by atoms with van der Waals surface area (Å²) in [5.41, 5.74) is 0.144. The fourth-order valence-electron chi connectivity index (χ4n) is 5.49. The first-order chi connectivity index (χ1) is 10.8. The topological polar surface area (TPSA) is 26.3 Å². The Kier molecular flexibility index (Phi) is 7.95. The molecule has 0 unspecified atom stereocenters. The van der Waals surface area contributed by atoms with E-state index in [9.17, 15) is 4.79 Å². The SMILES string of the molecule is CCC[CH2][Sn]([CH2]CCC)([CH2]CCC)[C@@]1(C(=O)OC)[C@H](C)C1(C)C. The van der Waals surface area contributed by atoms with Crippen LogP contribution in [0.15, 0.2) is 0 Å². The number of esters is 1. The fourth-order valence-corrected chi connectivity index (χ4v) is 29.3. The van der Waals surface area contributed by atoms with Crippen molar-refractivity contribution < 1.29 is 9.53 Å². The molecule has 0 radical (unpaired) electrons. The molecule has 1 aliphatic carbocycles. The second-order valence-corrected chi connectivity index (χ2v) is 22.2. The predicted octanol–water partition coefficient (Wildman–Crippen LogP) is 6.42. The van der Waals surface area contributed by atoms with Gasteiger partial charge in [0.25, 0.3) is 0 Å². The Hall–Kier alpha value is 0.269. The molecule has 0 aromatic rings. The van der Waals surface area contributed by atoms with Crippen LogP contribution < -0.4 is 0 Å². The van der Waals surface area contributed by atoms with E-state index in [0.717, 1.165) is 0 Å². The monoisotopic (exact) mass is 432 g/mol. The molecule has 0 aromatic carbocycles. The van der Waals surface area contributed by atoms with Crippen LogP contribution in [-0.2, 0) is 9.53 Å². The molecule has 2 nitrogen and oxygen atoms in total. The summed E-state index contributed by atoms with van der Waals surface area (Å²) >= 11 is -2.68. The van der Waals surface area contributed by atoms with Gasteiger partial charge in [-0.2, -0.15) is 0 Å². The molecular weight excluding hydrogens is 391 g/mol. The molecule has 23 heavy (non-hydrogen) atoms. The Bertz CT molecular complexity index is 369. The van der Waals surface area contributed by atoms with E-state index in [-0.39, 0.29) is 14.8 Å². The number of unbranched alkanes of at least 4 members (excludes halogenated alkanes) is 3. The van der Waals surface area contributed by atoms with Crippen LogP contribution in [0.1, 0.15) is 80.1 Å². The first-order valence-corrected chi connectivity index (χ1v) is 17.4. The molecular formula is C20H40O2Sn. The molecule has 1 rings (SSSR count). The molecule has 0 amide bonds. The molecule has 3 heteroatoms. The van der Waals surface area contributed by atoms with Crippen LogP contribution in [0.5, 0.6) is 0 Å². The van der Waals surface area contributed by atoms with Crippen molar-refractivity contribution in [2.45, 2.75) is 96.8 Å². The number of rotatable bonds is 11. The van der Waals surface area contributed by atoms with Crippen LogP contribution in [0.2, 0.25) is 16.7 Å². The number of carbonyl (C=O) groups excluding carboxylic acids is 1. The summed E-state index contributed by atoms with van der Waals surface area (Å²) in [4.78, 5) is 13.1. The minimum absolute atomic E-state index is 0.0735. The van der Waals surface area contributed by atoms with Crippen LogP contribution in [0.4, 0.5) is 0 Å². The average molecular weight is 431 g/mol. The van der Waals surface area contributed by atoms with Gasteiger partial charge in [-0.25, -0.2) is 0 Å². The van der Waals surface area contributed by atoms with Crippen molar-refractivity contribution in [3.05, 3.63) is 0 Å². The third-order valence-electron chi connectivity index (χ3n) is 7.04. The minimum atomic E-state index is -2.68. The number of methoxy groups -OCH3 is 1. The summed E-state index contributed by atoms with van der Waals surface area (Å²) in [5, 5.41) is 0. The summed E-state index contributed by atoms with van der Waals surface area (Å²) in [6.07, 6.45) is 7.69. The van der Waals surface area contributed by atoms with E-state index in [1.165, 1.54) is 51.8 Å². The Morgan fingerprint density at radius 3 is 1.52 bits per heavy atom. The molecule has 0 spiro atoms. The number of ether oxygens (including phenoxy) is 1. The standard InChI is InChI=1S/C8H13O2.3C4H9.Sn/c1-5-6(7(9)10-4)8(5,2)3;3*1-3-4-2;/h5H,1-4H3;3*1,3-4H2,2H3;/t5-;;;;/m0..../s1. The molecule has 1 fully saturated rings. The van der Waals surface area contributed by atoms with Crippen LogP contribution in [0, 0.1) is 11.3 Å². The number of hydrogen-bond donors (Lipinski definition) is 0. The van der Waals surface area contributed by atoms with E-state index in [4.69, 9.17) is 4.74 Å². The van der Waals surface area contributed by atoms with E-state index in [1.54, 1.807) is 7.11 Å². The quantitative estimate of drug-likeness (QED) is 0.279. The van der Waals surface area contributed by atoms with Gasteiger partial charge < -0.3 is 0 Å². The molecule has 0 bridgehead atoms. The first-order valence-electron chi connectivity index (χ1n) is 9.90. The van der Waals surface area contributed by atoms with Crippen molar-refractivity contribution in [3.8, 4) is 0 Å². The predicted molar refractivity (Wildman–Crippen MR) is 103 cm³/mol. The van der Waals surface area contributed by atoms with Gasteiger partial charge >= 0.3 is 149 Å². The number of hydrogen-bond acceptors (Lipinski definition) is 2. The Morgan fingerprint density at radius 1 is 0.957 bits per heavy atom. The van der Waals surface area contributed by atoms with Crippen LogP contribution in [-0.4, -0.2) is 31.5 Å². The molecule has 0 aliphatic heterocycles. The van der Waals surface area contributed by atoms with Crippen LogP contribution >= 0.6 is 0 Å². The van der Waals surface area contributed by atoms with E-state index in [1.807, 2.05) is 0 Å². The number of carbonyl (C=O) groups is 1. The van der Waals surface area contributed by atoms with Gasteiger partial charge in [-0.05, 0) is 0 Å². The van der Waals surface area contributed by atoms with Crippen LogP contribution in [0.3, 0.4) is 0 Å². The second-order valence-electron chi connectivity index (χ2n) is 8.33. The summed E-state index contributed by atoms with van der Waals surface area (Å²) in [5.74, 6) is 0.651. The molecule has 0 aromatic heterocycles. The van der Waals surface area contributed by atoms with Gasteiger partial charge in [0.05, 0.1) is 0 Å². The summed E-state index contributed by atoms with van der Waals surface area (Å²) in [7, 11) is 1.61. The Morgan fingerprint density at radius 2 is 1.30 bits per heavy atom. The Labute approximate surface area is 149 Å². The van der Waals surface area contributed by atoms with Crippen LogP contribution in [0.25, 0.3) is 0 Å². The zero-order chi connectivity index (χ0) is 17.7. The molecule has 0 saturated heterocycles. The van der Waals surface area contributed by atoms with Gasteiger partial charge in [0.15, 0.2) is 0 Å². The zero-order valence-corrected chi connectivity index (χ0v) is 19.6. The maximum atomic E-state index is 13.1. The van der Waals surface area contributed by atoms with E-state index >= 15 is 0 Å². The summed E-state index contributed by atoms with van der Waals surface area (Å²) < 4.78 is 9.52. The van der Waals surface area contributed by atoms with E-state index in [0.29, 0.717) is 5.92 Å². The van der Waals surface area contributed by atoms with Gasteiger partial charge in [0, 0.05) is 0 Å². The molecule has 1 saturated carbocycles. The molecule has 2 atom stereocenters. The van der Waals surface area contributed by atoms with E-state index < -0.39 is 18.4 Å². The molecule has 0 N–H and O–H groups in total. The van der Waals surface area contributed by atoms with Gasteiger partial charge in [-0.1, -0.05) is 0 Å². The second kappa shape index (κ2) is 8.58. The van der Waals surface area contributed by atoms with Crippen molar-refractivity contribution >= 4 is 24.3 Å². The fraction of sp³-hybridized carbons (Fsp3) is 0.950. The van der Waals surface area contributed by atoms with Crippen molar-refractivity contribution in [1.29, 1.82) is 0 Å². The van der Waals surface area contributed by atoms with Crippen molar-refractivity contribution in [1.82, 2.24) is 0 Å². The summed E-state index contributed by atoms with van der Waals surface area (Å²) in [6.45, 7) is 13.9. The normalized spacial score (nSPS) is 26.1. The van der Waals surface area contributed by atoms with Crippen molar-refractivity contribution in [2.75, 3.05) is 7.11 Å². The van der Waals surface area contributed by atoms with Gasteiger partial charge in [0.2, 0.25) is 0 Å². The Balaban J connectivity index is 3.34. The molecule has 136 valence electrons. The summed E-state index contributed by atoms with van der Waals surface area (Å²) in [6, 6.07) is 0. The first kappa shape index (κ1) is 21.3. The molecule has 1 aliphatic rings. The zero-order valence-electron chi connectivity index (χ0n) is 16.8. The molecule has 0 heterocycles. The van der Waals surface area contributed by atoms with Crippen molar-refractivity contribution in [2.24, 2.45) is 11.3 Å². The van der Waals surface area contributed by atoms with Gasteiger partial charge in [-0.3, -0.25) is 0 Å². The maximum absolute atomic E-state index is 13.1. The third-order valence-corrected chi connectivity index (χ3v) is 26.7.